The van der Waals surface area contributed by atoms with Crippen molar-refractivity contribution in [3.8, 4) is 0 Å². The lowest BCUT2D eigenvalue weighted by molar-refractivity contribution is -0.132. The zero-order valence-electron chi connectivity index (χ0n) is 8.30. The average molecular weight is 223 g/mol. The molecule has 0 radical (unpaired) electrons. The Labute approximate surface area is 92.9 Å². The van der Waals surface area contributed by atoms with Crippen molar-refractivity contribution in [2.45, 2.75) is 10.9 Å². The second-order valence-electron chi connectivity index (χ2n) is 3.53. The first-order chi connectivity index (χ1) is 7.25. The summed E-state index contributed by atoms with van der Waals surface area (Å²) in [4.78, 5) is 18.4. The molecule has 80 valence electrons. The summed E-state index contributed by atoms with van der Waals surface area (Å²) < 4.78 is 0. The third-order valence-electron chi connectivity index (χ3n) is 2.27. The van der Waals surface area contributed by atoms with E-state index in [1.165, 1.54) is 11.8 Å². The number of amides is 1. The third kappa shape index (κ3) is 2.70. The van der Waals surface area contributed by atoms with Crippen LogP contribution in [0.3, 0.4) is 0 Å². The minimum absolute atomic E-state index is 0.165. The molecule has 1 aliphatic rings. The Morgan fingerprint density at radius 3 is 2.80 bits per heavy atom. The number of thioether (sulfide) groups is 1. The van der Waals surface area contributed by atoms with Crippen molar-refractivity contribution in [3.63, 3.8) is 0 Å². The number of hydrogen-bond acceptors (Lipinski definition) is 4. The number of hydrogen-bond donors (Lipinski definition) is 1. The Morgan fingerprint density at radius 1 is 1.53 bits per heavy atom. The fourth-order valence-electron chi connectivity index (χ4n) is 1.39. The van der Waals surface area contributed by atoms with Crippen molar-refractivity contribution < 1.29 is 4.79 Å². The molecule has 0 aromatic carbocycles. The van der Waals surface area contributed by atoms with Crippen LogP contribution in [-0.4, -0.2) is 40.7 Å². The molecule has 0 bridgehead atoms. The molecule has 1 aromatic heterocycles. The van der Waals surface area contributed by atoms with E-state index in [9.17, 15) is 4.79 Å². The van der Waals surface area contributed by atoms with Gasteiger partial charge in [-0.15, -0.1) is 11.8 Å². The standard InChI is InChI=1S/C10H13N3OS/c11-8-5-13(6-8)10(14)7-15-9-1-3-12-4-2-9/h1-4,8H,5-7,11H2. The lowest BCUT2D eigenvalue weighted by atomic mass is 10.1. The Morgan fingerprint density at radius 2 is 2.20 bits per heavy atom. The quantitative estimate of drug-likeness (QED) is 0.751. The van der Waals surface area contributed by atoms with Gasteiger partial charge in [-0.2, -0.15) is 0 Å². The maximum Gasteiger partial charge on any atom is 0.233 e. The monoisotopic (exact) mass is 223 g/mol. The van der Waals surface area contributed by atoms with E-state index in [-0.39, 0.29) is 11.9 Å². The molecule has 1 fully saturated rings. The molecule has 0 aliphatic carbocycles. The van der Waals surface area contributed by atoms with Gasteiger partial charge in [0.2, 0.25) is 5.91 Å². The van der Waals surface area contributed by atoms with Gasteiger partial charge in [-0.3, -0.25) is 9.78 Å². The van der Waals surface area contributed by atoms with E-state index < -0.39 is 0 Å². The number of nitrogens with zero attached hydrogens (tertiary/aromatic N) is 2. The predicted molar refractivity (Wildman–Crippen MR) is 59.5 cm³/mol. The number of carbonyl (C=O) groups excluding carboxylic acids is 1. The predicted octanol–water partition coefficient (Wildman–Crippen LogP) is 0.343. The van der Waals surface area contributed by atoms with Gasteiger partial charge in [-0.25, -0.2) is 0 Å². The molecule has 0 spiro atoms. The topological polar surface area (TPSA) is 59.2 Å². The minimum Gasteiger partial charge on any atom is -0.339 e. The molecular weight excluding hydrogens is 210 g/mol. The van der Waals surface area contributed by atoms with Crippen LogP contribution in [0, 0.1) is 0 Å². The number of rotatable bonds is 3. The van der Waals surface area contributed by atoms with Crippen LogP contribution in [0.4, 0.5) is 0 Å². The van der Waals surface area contributed by atoms with Crippen molar-refractivity contribution in [3.05, 3.63) is 24.5 Å². The van der Waals surface area contributed by atoms with Gasteiger partial charge in [-0.05, 0) is 12.1 Å². The first-order valence-electron chi connectivity index (χ1n) is 4.82. The largest absolute Gasteiger partial charge is 0.339 e. The summed E-state index contributed by atoms with van der Waals surface area (Å²) in [6.45, 7) is 1.41. The fourth-order valence-corrected chi connectivity index (χ4v) is 2.17. The van der Waals surface area contributed by atoms with Crippen LogP contribution < -0.4 is 5.73 Å². The van der Waals surface area contributed by atoms with Crippen LogP contribution >= 0.6 is 11.8 Å². The van der Waals surface area contributed by atoms with Crippen LogP contribution in [0.2, 0.25) is 0 Å². The van der Waals surface area contributed by atoms with Gasteiger partial charge >= 0.3 is 0 Å². The molecule has 5 heteroatoms. The molecule has 0 atom stereocenters. The molecule has 4 nitrogen and oxygen atoms in total. The van der Waals surface area contributed by atoms with Crippen LogP contribution in [0.5, 0.6) is 0 Å². The minimum atomic E-state index is 0.165. The molecule has 1 amide bonds. The van der Waals surface area contributed by atoms with Crippen LogP contribution in [-0.2, 0) is 4.79 Å². The highest BCUT2D eigenvalue weighted by molar-refractivity contribution is 8.00. The molecule has 2 heterocycles. The van der Waals surface area contributed by atoms with E-state index in [1.807, 2.05) is 12.1 Å². The zero-order chi connectivity index (χ0) is 10.7. The number of pyridine rings is 1. The van der Waals surface area contributed by atoms with Gasteiger partial charge in [0.1, 0.15) is 0 Å². The lowest BCUT2D eigenvalue weighted by Gasteiger charge is -2.36. The fraction of sp³-hybridized carbons (Fsp3) is 0.400. The van der Waals surface area contributed by atoms with E-state index in [1.54, 1.807) is 17.3 Å². The first-order valence-corrected chi connectivity index (χ1v) is 5.80. The van der Waals surface area contributed by atoms with Gasteiger partial charge in [-0.1, -0.05) is 0 Å². The maximum atomic E-state index is 11.6. The molecule has 1 aromatic rings. The van der Waals surface area contributed by atoms with Crippen molar-refractivity contribution in [1.82, 2.24) is 9.88 Å². The second kappa shape index (κ2) is 4.63. The molecule has 1 aliphatic heterocycles. The second-order valence-corrected chi connectivity index (χ2v) is 4.58. The third-order valence-corrected chi connectivity index (χ3v) is 3.27. The summed E-state index contributed by atoms with van der Waals surface area (Å²) in [6, 6.07) is 3.99. The van der Waals surface area contributed by atoms with Gasteiger partial charge in [0, 0.05) is 36.4 Å². The number of nitrogens with two attached hydrogens (primary N) is 1. The van der Waals surface area contributed by atoms with E-state index in [0.717, 1.165) is 4.90 Å². The van der Waals surface area contributed by atoms with Crippen molar-refractivity contribution >= 4 is 17.7 Å². The Balaban J connectivity index is 1.76. The Bertz CT molecular complexity index is 338. The van der Waals surface area contributed by atoms with Crippen LogP contribution in [0.15, 0.2) is 29.4 Å². The Hall–Kier alpha value is -1.07. The van der Waals surface area contributed by atoms with Crippen molar-refractivity contribution in [2.75, 3.05) is 18.8 Å². The zero-order valence-corrected chi connectivity index (χ0v) is 9.11. The van der Waals surface area contributed by atoms with Gasteiger partial charge < -0.3 is 10.6 Å². The molecule has 1 saturated heterocycles. The summed E-state index contributed by atoms with van der Waals surface area (Å²) in [7, 11) is 0. The number of carbonyl (C=O) groups is 1. The number of aromatic nitrogens is 1. The summed E-state index contributed by atoms with van der Waals surface area (Å²) in [6.07, 6.45) is 3.46. The molecule has 15 heavy (non-hydrogen) atoms. The average Bonchev–Trinajstić information content (AvgIpc) is 2.23. The molecule has 0 saturated carbocycles. The van der Waals surface area contributed by atoms with Gasteiger partial charge in [0.05, 0.1) is 5.75 Å². The highest BCUT2D eigenvalue weighted by Crippen LogP contribution is 2.18. The molecule has 2 rings (SSSR count). The van der Waals surface area contributed by atoms with E-state index >= 15 is 0 Å². The smallest absolute Gasteiger partial charge is 0.233 e. The first kappa shape index (κ1) is 10.4. The summed E-state index contributed by atoms with van der Waals surface area (Å²) in [5, 5.41) is 0. The Kier molecular flexibility index (Phi) is 3.23. The molecule has 0 unspecified atom stereocenters. The van der Waals surface area contributed by atoms with Crippen LogP contribution in [0.25, 0.3) is 0 Å². The van der Waals surface area contributed by atoms with Crippen LogP contribution in [0.1, 0.15) is 0 Å². The number of likely N-dealkylation sites (tertiary alicyclic amines) is 1. The van der Waals surface area contributed by atoms with Gasteiger partial charge in [0.15, 0.2) is 0 Å². The highest BCUT2D eigenvalue weighted by atomic mass is 32.2. The normalized spacial score (nSPS) is 16.2. The highest BCUT2D eigenvalue weighted by Gasteiger charge is 2.26. The summed E-state index contributed by atoms with van der Waals surface area (Å²) in [5.41, 5.74) is 5.60. The summed E-state index contributed by atoms with van der Waals surface area (Å²) >= 11 is 1.54. The summed E-state index contributed by atoms with van der Waals surface area (Å²) in [5.74, 6) is 0.648. The molecule has 2 N–H and O–H groups in total. The maximum absolute atomic E-state index is 11.6. The molecular formula is C10H13N3OS. The SMILES string of the molecule is NC1CN(C(=O)CSc2ccncc2)C1. The van der Waals surface area contributed by atoms with Crippen molar-refractivity contribution in [2.24, 2.45) is 5.73 Å². The van der Waals surface area contributed by atoms with E-state index in [4.69, 9.17) is 5.73 Å². The van der Waals surface area contributed by atoms with Crippen molar-refractivity contribution in [1.29, 1.82) is 0 Å². The van der Waals surface area contributed by atoms with Gasteiger partial charge in [0.25, 0.3) is 0 Å². The van der Waals surface area contributed by atoms with E-state index in [0.29, 0.717) is 18.8 Å². The lowest BCUT2D eigenvalue weighted by Crippen LogP contribution is -2.58. The van der Waals surface area contributed by atoms with E-state index in [2.05, 4.69) is 4.98 Å².